The van der Waals surface area contributed by atoms with Gasteiger partial charge in [0, 0.05) is 37.2 Å². The molecular weight excluding hydrogens is 306 g/mol. The monoisotopic (exact) mass is 325 g/mol. The summed E-state index contributed by atoms with van der Waals surface area (Å²) in [7, 11) is 0.355. The Morgan fingerprint density at radius 1 is 0.913 bits per heavy atom. The van der Waals surface area contributed by atoms with E-state index in [-0.39, 0.29) is 0 Å². The van der Waals surface area contributed by atoms with Gasteiger partial charge >= 0.3 is 8.80 Å². The van der Waals surface area contributed by atoms with Gasteiger partial charge in [-0.3, -0.25) is 4.98 Å². The van der Waals surface area contributed by atoms with Crippen LogP contribution in [0.2, 0.25) is 0 Å². The molecule has 0 spiro atoms. The Hall–Kier alpha value is -2.05. The maximum absolute atomic E-state index is 6.17. The van der Waals surface area contributed by atoms with Crippen LogP contribution in [0.1, 0.15) is 5.56 Å². The lowest BCUT2D eigenvalue weighted by molar-refractivity contribution is 0.107. The van der Waals surface area contributed by atoms with E-state index in [9.17, 15) is 0 Å². The molecule has 0 aliphatic carbocycles. The molecule has 0 saturated carbocycles. The number of fused-ring (bicyclic) bond motifs is 1. The first-order valence-electron chi connectivity index (χ1n) is 7.40. The van der Waals surface area contributed by atoms with Crippen molar-refractivity contribution in [3.63, 3.8) is 0 Å². The lowest BCUT2D eigenvalue weighted by Gasteiger charge is -2.26. The molecule has 23 heavy (non-hydrogen) atoms. The van der Waals surface area contributed by atoms with E-state index in [1.807, 2.05) is 54.7 Å². The normalized spacial score (nSPS) is 11.7. The van der Waals surface area contributed by atoms with E-state index < -0.39 is 8.80 Å². The summed E-state index contributed by atoms with van der Waals surface area (Å²) >= 11 is 0. The smallest absolute Gasteiger partial charge is 0.373 e. The summed E-state index contributed by atoms with van der Waals surface area (Å²) in [5.74, 6) is 0. The number of hydrogen-bond donors (Lipinski definition) is 0. The number of benzene rings is 2. The molecule has 3 aromatic rings. The molecule has 1 aromatic heterocycles. The van der Waals surface area contributed by atoms with Crippen molar-refractivity contribution in [1.29, 1.82) is 0 Å². The highest BCUT2D eigenvalue weighted by molar-refractivity contribution is 6.75. The molecule has 0 aliphatic heterocycles. The van der Waals surface area contributed by atoms with Gasteiger partial charge in [-0.25, -0.2) is 0 Å². The largest absolute Gasteiger partial charge is 0.536 e. The van der Waals surface area contributed by atoms with Gasteiger partial charge in [0.05, 0.1) is 6.61 Å². The number of rotatable bonds is 6. The number of hydrogen-bond acceptors (Lipinski definition) is 4. The number of aromatic nitrogens is 1. The second-order valence-electron chi connectivity index (χ2n) is 5.13. The molecule has 0 N–H and O–H groups in total. The van der Waals surface area contributed by atoms with E-state index in [1.54, 1.807) is 20.4 Å². The second-order valence-corrected chi connectivity index (χ2v) is 7.93. The van der Waals surface area contributed by atoms with Crippen molar-refractivity contribution in [1.82, 2.24) is 4.98 Å². The van der Waals surface area contributed by atoms with Gasteiger partial charge in [-0.15, -0.1) is 0 Å². The fraction of sp³-hybridized carbons (Fsp3) is 0.167. The van der Waals surface area contributed by atoms with Crippen molar-refractivity contribution in [3.8, 4) is 0 Å². The van der Waals surface area contributed by atoms with Gasteiger partial charge in [-0.2, -0.15) is 0 Å². The molecule has 0 atom stereocenters. The number of nitrogens with zero attached hydrogens (tertiary/aromatic N) is 1. The van der Waals surface area contributed by atoms with Gasteiger partial charge in [0.2, 0.25) is 0 Å². The Balaban J connectivity index is 1.90. The fourth-order valence-electron chi connectivity index (χ4n) is 2.64. The quantitative estimate of drug-likeness (QED) is 0.654. The third-order valence-electron chi connectivity index (χ3n) is 3.86. The highest BCUT2D eigenvalue weighted by atomic mass is 28.4. The SMILES string of the molecule is CO[Si](OC)(OCc1cccc2ccncc12)c1ccccc1. The van der Waals surface area contributed by atoms with Gasteiger partial charge < -0.3 is 13.3 Å². The molecule has 118 valence electrons. The highest BCUT2D eigenvalue weighted by Crippen LogP contribution is 2.20. The molecule has 0 saturated heterocycles. The lowest BCUT2D eigenvalue weighted by atomic mass is 10.1. The van der Waals surface area contributed by atoms with E-state index in [0.717, 1.165) is 21.5 Å². The van der Waals surface area contributed by atoms with Crippen LogP contribution < -0.4 is 5.19 Å². The third kappa shape index (κ3) is 3.18. The number of pyridine rings is 1. The summed E-state index contributed by atoms with van der Waals surface area (Å²) in [6, 6.07) is 18.0. The van der Waals surface area contributed by atoms with E-state index in [2.05, 4.69) is 11.1 Å². The molecule has 0 fully saturated rings. The van der Waals surface area contributed by atoms with Gasteiger partial charge in [0.25, 0.3) is 0 Å². The Labute approximate surface area is 137 Å². The maximum Gasteiger partial charge on any atom is 0.536 e. The second kappa shape index (κ2) is 7.02. The summed E-state index contributed by atoms with van der Waals surface area (Å²) in [4.78, 5) is 4.21. The van der Waals surface area contributed by atoms with Gasteiger partial charge in [0.1, 0.15) is 0 Å². The van der Waals surface area contributed by atoms with Crippen LogP contribution in [0.15, 0.2) is 67.0 Å². The zero-order chi connectivity index (χ0) is 16.1. The minimum Gasteiger partial charge on any atom is -0.373 e. The summed E-state index contributed by atoms with van der Waals surface area (Å²) in [6.07, 6.45) is 3.65. The van der Waals surface area contributed by atoms with Crippen molar-refractivity contribution in [2.45, 2.75) is 6.61 Å². The molecular formula is C18H19NO3Si. The van der Waals surface area contributed by atoms with Crippen LogP contribution in [-0.4, -0.2) is 28.0 Å². The predicted molar refractivity (Wildman–Crippen MR) is 92.4 cm³/mol. The van der Waals surface area contributed by atoms with Crippen LogP contribution in [0.5, 0.6) is 0 Å². The van der Waals surface area contributed by atoms with Crippen LogP contribution >= 0.6 is 0 Å². The van der Waals surface area contributed by atoms with E-state index >= 15 is 0 Å². The minimum atomic E-state index is -2.91. The zero-order valence-electron chi connectivity index (χ0n) is 13.2. The molecule has 0 amide bonds. The van der Waals surface area contributed by atoms with Crippen LogP contribution in [-0.2, 0) is 19.9 Å². The van der Waals surface area contributed by atoms with E-state index in [1.165, 1.54) is 0 Å². The Morgan fingerprint density at radius 3 is 2.43 bits per heavy atom. The molecule has 5 heteroatoms. The fourth-order valence-corrected chi connectivity index (χ4v) is 4.62. The standard InChI is InChI=1S/C18H19NO3Si/c1-20-23(21-2,17-9-4-3-5-10-17)22-14-16-8-6-7-15-11-12-19-13-18(15)16/h3-13H,14H2,1-2H3. The topological polar surface area (TPSA) is 40.6 Å². The molecule has 3 rings (SSSR count). The van der Waals surface area contributed by atoms with Gasteiger partial charge in [0.15, 0.2) is 0 Å². The van der Waals surface area contributed by atoms with Crippen molar-refractivity contribution in [2.24, 2.45) is 0 Å². The summed E-state index contributed by atoms with van der Waals surface area (Å²) in [6.45, 7) is 0.409. The molecule has 0 unspecified atom stereocenters. The molecule has 0 bridgehead atoms. The zero-order valence-corrected chi connectivity index (χ0v) is 14.2. The summed E-state index contributed by atoms with van der Waals surface area (Å²) in [5.41, 5.74) is 1.07. The first-order valence-corrected chi connectivity index (χ1v) is 9.13. The maximum atomic E-state index is 6.17. The van der Waals surface area contributed by atoms with Gasteiger partial charge in [-0.05, 0) is 17.0 Å². The van der Waals surface area contributed by atoms with Gasteiger partial charge in [-0.1, -0.05) is 48.5 Å². The molecule has 0 radical (unpaired) electrons. The average Bonchev–Trinajstić information content (AvgIpc) is 2.64. The van der Waals surface area contributed by atoms with Crippen molar-refractivity contribution in [3.05, 3.63) is 72.6 Å². The van der Waals surface area contributed by atoms with Crippen LogP contribution in [0.25, 0.3) is 10.8 Å². The first kappa shape index (κ1) is 15.8. The first-order chi connectivity index (χ1) is 11.3. The van der Waals surface area contributed by atoms with Crippen LogP contribution in [0.3, 0.4) is 0 Å². The van der Waals surface area contributed by atoms with E-state index in [0.29, 0.717) is 6.61 Å². The predicted octanol–water partition coefficient (Wildman–Crippen LogP) is 2.89. The molecule has 1 heterocycles. The average molecular weight is 325 g/mol. The Morgan fingerprint density at radius 2 is 1.70 bits per heavy atom. The third-order valence-corrected chi connectivity index (χ3v) is 6.50. The molecule has 2 aromatic carbocycles. The van der Waals surface area contributed by atoms with Crippen LogP contribution in [0.4, 0.5) is 0 Å². The highest BCUT2D eigenvalue weighted by Gasteiger charge is 2.41. The van der Waals surface area contributed by atoms with E-state index in [4.69, 9.17) is 13.3 Å². The summed E-state index contributed by atoms with van der Waals surface area (Å²) in [5, 5.41) is 3.17. The Kier molecular flexibility index (Phi) is 4.83. The van der Waals surface area contributed by atoms with Crippen molar-refractivity contribution in [2.75, 3.05) is 14.2 Å². The van der Waals surface area contributed by atoms with Crippen molar-refractivity contribution >= 4 is 24.8 Å². The molecule has 0 aliphatic rings. The lowest BCUT2D eigenvalue weighted by Crippen LogP contribution is -2.55. The summed E-state index contributed by atoms with van der Waals surface area (Å²) < 4.78 is 17.5. The Bertz CT molecular complexity index is 770. The minimum absolute atomic E-state index is 0.409. The van der Waals surface area contributed by atoms with Crippen LogP contribution in [0, 0.1) is 0 Å². The molecule has 4 nitrogen and oxygen atoms in total. The van der Waals surface area contributed by atoms with Crippen molar-refractivity contribution < 1.29 is 13.3 Å².